The van der Waals surface area contributed by atoms with Crippen LogP contribution in [-0.2, 0) is 0 Å². The van der Waals surface area contributed by atoms with Crippen molar-refractivity contribution in [3.05, 3.63) is 261 Å². The number of hydrogen-bond acceptors (Lipinski definition) is 6. The van der Waals surface area contributed by atoms with Gasteiger partial charge in [0, 0.05) is 109 Å². The Labute approximate surface area is 477 Å². The van der Waals surface area contributed by atoms with Crippen LogP contribution < -0.4 is 0 Å². The summed E-state index contributed by atoms with van der Waals surface area (Å²) in [6, 6.07) is 92.5. The van der Waals surface area contributed by atoms with Gasteiger partial charge in [-0.1, -0.05) is 170 Å². The van der Waals surface area contributed by atoms with Crippen LogP contribution in [0.5, 0.6) is 0 Å². The molecular formula is C75H43N5O2S. The molecule has 386 valence electrons. The van der Waals surface area contributed by atoms with E-state index < -0.39 is 0 Å². The average Bonchev–Trinajstić information content (AvgIpc) is 3.07. The van der Waals surface area contributed by atoms with Crippen LogP contribution in [0.3, 0.4) is 0 Å². The molecule has 0 aliphatic heterocycles. The summed E-state index contributed by atoms with van der Waals surface area (Å²) in [5, 5.41) is 11.4. The lowest BCUT2D eigenvalue weighted by molar-refractivity contribution is 0.668. The Hall–Kier alpha value is -10.9. The van der Waals surface area contributed by atoms with E-state index in [-0.39, 0.29) is 0 Å². The van der Waals surface area contributed by atoms with Gasteiger partial charge in [0.05, 0.1) is 22.1 Å². The maximum Gasteiger partial charge on any atom is 0.164 e. The Bertz CT molecular complexity index is 5660. The maximum atomic E-state index is 6.89. The predicted octanol–water partition coefficient (Wildman–Crippen LogP) is 20.6. The third-order valence-electron chi connectivity index (χ3n) is 16.8. The number of para-hydroxylation sites is 5. The van der Waals surface area contributed by atoms with E-state index in [2.05, 4.69) is 252 Å². The van der Waals surface area contributed by atoms with Crippen molar-refractivity contribution in [1.29, 1.82) is 0 Å². The number of furan rings is 2. The Morgan fingerprint density at radius 3 is 1.59 bits per heavy atom. The lowest BCUT2D eigenvalue weighted by Gasteiger charge is -2.10. The summed E-state index contributed by atoms with van der Waals surface area (Å²) in [5.41, 5.74) is 17.3. The van der Waals surface area contributed by atoms with Crippen LogP contribution in [-0.4, -0.2) is 24.1 Å². The van der Waals surface area contributed by atoms with Crippen LogP contribution >= 0.6 is 11.3 Å². The Morgan fingerprint density at radius 1 is 0.289 bits per heavy atom. The van der Waals surface area contributed by atoms with Gasteiger partial charge in [0.15, 0.2) is 17.5 Å². The highest BCUT2D eigenvalue weighted by molar-refractivity contribution is 7.26. The zero-order valence-electron chi connectivity index (χ0n) is 44.3. The normalized spacial score (nSPS) is 12.1. The van der Waals surface area contributed by atoms with Gasteiger partial charge >= 0.3 is 0 Å². The Balaban J connectivity index is 0.740. The first-order valence-electron chi connectivity index (χ1n) is 27.9. The predicted molar refractivity (Wildman–Crippen MR) is 343 cm³/mol. The van der Waals surface area contributed by atoms with Crippen LogP contribution in [0, 0.1) is 0 Å². The van der Waals surface area contributed by atoms with Gasteiger partial charge < -0.3 is 18.0 Å². The Morgan fingerprint density at radius 2 is 0.831 bits per heavy atom. The molecule has 0 fully saturated rings. The molecule has 0 bridgehead atoms. The van der Waals surface area contributed by atoms with Gasteiger partial charge in [0.1, 0.15) is 22.3 Å². The molecule has 0 unspecified atom stereocenters. The van der Waals surface area contributed by atoms with Crippen molar-refractivity contribution in [3.8, 4) is 67.8 Å². The third kappa shape index (κ3) is 7.00. The number of nitrogens with zero attached hydrogens (tertiary/aromatic N) is 5. The second-order valence-electron chi connectivity index (χ2n) is 21.4. The molecule has 7 nitrogen and oxygen atoms in total. The van der Waals surface area contributed by atoms with Crippen LogP contribution in [0.1, 0.15) is 0 Å². The van der Waals surface area contributed by atoms with Crippen LogP contribution in [0.25, 0.3) is 175 Å². The molecule has 6 aromatic heterocycles. The summed E-state index contributed by atoms with van der Waals surface area (Å²) in [5.74, 6) is 1.76. The number of rotatable bonds is 7. The van der Waals surface area contributed by atoms with E-state index in [4.69, 9.17) is 23.8 Å². The summed E-state index contributed by atoms with van der Waals surface area (Å²) >= 11 is 1.79. The number of fused-ring (bicyclic) bond motifs is 15. The highest BCUT2D eigenvalue weighted by atomic mass is 32.1. The number of hydrogen-bond donors (Lipinski definition) is 0. The quantitative estimate of drug-likeness (QED) is 0.159. The number of thiophene rings is 1. The highest BCUT2D eigenvalue weighted by Gasteiger charge is 2.23. The maximum absolute atomic E-state index is 6.89. The molecule has 0 saturated heterocycles. The second kappa shape index (κ2) is 17.8. The molecule has 0 spiro atoms. The van der Waals surface area contributed by atoms with Gasteiger partial charge in [-0.3, -0.25) is 0 Å². The smallest absolute Gasteiger partial charge is 0.164 e. The summed E-state index contributed by atoms with van der Waals surface area (Å²) < 4.78 is 20.6. The number of aromatic nitrogens is 5. The minimum Gasteiger partial charge on any atom is -0.456 e. The first-order chi connectivity index (χ1) is 41.1. The van der Waals surface area contributed by atoms with Crippen molar-refractivity contribution in [2.24, 2.45) is 0 Å². The first kappa shape index (κ1) is 45.9. The van der Waals surface area contributed by atoms with Gasteiger partial charge in [-0.05, 0) is 96.1 Å². The fourth-order valence-corrected chi connectivity index (χ4v) is 14.3. The van der Waals surface area contributed by atoms with Crippen LogP contribution in [0.15, 0.2) is 270 Å². The largest absolute Gasteiger partial charge is 0.456 e. The standard InChI is InChI=1S/C75H43N5O2S/c1-3-16-44(17-4-1)73-76-74(47-32-36-53-54-37-35-49(43-68(54)81-67(53)42-47)80-62-28-10-7-20-50(62)51-21-8-11-29-63(51)80)78-75(77-73)59-27-15-31-69-70(59)58-26-14-25-57(72(58)83-69)55-23-13-24-56-61-41-46(34-39-66(61)82-71(55)56)45-33-38-65-60(40-45)52-22-9-12-30-64(52)79(65)48-18-5-2-6-19-48/h1-43H. The molecule has 83 heavy (non-hydrogen) atoms. The average molecular weight is 1080 g/mol. The molecule has 12 aromatic carbocycles. The van der Waals surface area contributed by atoms with E-state index in [1.807, 2.05) is 18.2 Å². The second-order valence-corrected chi connectivity index (χ2v) is 22.5. The molecule has 0 aliphatic rings. The molecule has 0 radical (unpaired) electrons. The van der Waals surface area contributed by atoms with Crippen LogP contribution in [0.2, 0.25) is 0 Å². The van der Waals surface area contributed by atoms with Gasteiger partial charge in [-0.15, -0.1) is 11.3 Å². The van der Waals surface area contributed by atoms with Crippen molar-refractivity contribution in [3.63, 3.8) is 0 Å². The van der Waals surface area contributed by atoms with Crippen molar-refractivity contribution in [2.75, 3.05) is 0 Å². The molecule has 0 atom stereocenters. The van der Waals surface area contributed by atoms with Crippen molar-refractivity contribution >= 4 is 119 Å². The molecule has 0 amide bonds. The van der Waals surface area contributed by atoms with Gasteiger partial charge in [-0.25, -0.2) is 15.0 Å². The zero-order chi connectivity index (χ0) is 54.3. The SMILES string of the molecule is c1ccc(-c2nc(-c3ccc4c(c3)oc3cc(-n5c6ccccc6c6ccccc65)ccc34)nc(-c3cccc4sc5c(-c6cccc7c6oc6ccc(-c8ccc9c(c8)c8ccccc8n9-c8ccccc8)cc67)cccc5c34)n2)cc1. The number of benzene rings is 12. The first-order valence-corrected chi connectivity index (χ1v) is 28.7. The van der Waals surface area contributed by atoms with E-state index in [1.54, 1.807) is 11.3 Å². The molecule has 0 aliphatic carbocycles. The van der Waals surface area contributed by atoms with E-state index in [0.29, 0.717) is 17.5 Å². The summed E-state index contributed by atoms with van der Waals surface area (Å²) in [7, 11) is 0. The molecule has 6 heterocycles. The lowest BCUT2D eigenvalue weighted by atomic mass is 9.98. The molecule has 8 heteroatoms. The summed E-state index contributed by atoms with van der Waals surface area (Å²) in [6.45, 7) is 0. The third-order valence-corrected chi connectivity index (χ3v) is 18.0. The molecule has 0 N–H and O–H groups in total. The fraction of sp³-hybridized carbons (Fsp3) is 0. The van der Waals surface area contributed by atoms with Crippen LogP contribution in [0.4, 0.5) is 0 Å². The van der Waals surface area contributed by atoms with Crippen molar-refractivity contribution < 1.29 is 8.83 Å². The van der Waals surface area contributed by atoms with E-state index >= 15 is 0 Å². The van der Waals surface area contributed by atoms with E-state index in [9.17, 15) is 0 Å². The monoisotopic (exact) mass is 1080 g/mol. The topological polar surface area (TPSA) is 74.8 Å². The molecule has 0 saturated carbocycles. The molecule has 18 rings (SSSR count). The summed E-state index contributed by atoms with van der Waals surface area (Å²) in [4.78, 5) is 15.8. The summed E-state index contributed by atoms with van der Waals surface area (Å²) in [6.07, 6.45) is 0. The van der Waals surface area contributed by atoms with Crippen molar-refractivity contribution in [1.82, 2.24) is 24.1 Å². The van der Waals surface area contributed by atoms with Crippen molar-refractivity contribution in [2.45, 2.75) is 0 Å². The highest BCUT2D eigenvalue weighted by Crippen LogP contribution is 2.47. The fourth-order valence-electron chi connectivity index (χ4n) is 13.0. The minimum atomic E-state index is 0.565. The van der Waals surface area contributed by atoms with E-state index in [1.165, 1.54) is 37.3 Å². The van der Waals surface area contributed by atoms with Gasteiger partial charge in [0.2, 0.25) is 0 Å². The minimum absolute atomic E-state index is 0.565. The van der Waals surface area contributed by atoms with Gasteiger partial charge in [0.25, 0.3) is 0 Å². The zero-order valence-corrected chi connectivity index (χ0v) is 45.1. The molecular weight excluding hydrogens is 1030 g/mol. The Kier molecular flexibility index (Phi) is 9.83. The molecule has 18 aromatic rings. The lowest BCUT2D eigenvalue weighted by Crippen LogP contribution is -2.00. The van der Waals surface area contributed by atoms with Gasteiger partial charge in [-0.2, -0.15) is 0 Å². The van der Waals surface area contributed by atoms with E-state index in [0.717, 1.165) is 121 Å².